The van der Waals surface area contributed by atoms with E-state index in [2.05, 4.69) is 15.9 Å². The second kappa shape index (κ2) is 4.07. The van der Waals surface area contributed by atoms with Crippen LogP contribution in [-0.4, -0.2) is 17.6 Å². The van der Waals surface area contributed by atoms with Crippen LogP contribution in [-0.2, 0) is 7.05 Å². The van der Waals surface area contributed by atoms with E-state index in [0.717, 1.165) is 9.99 Å². The van der Waals surface area contributed by atoms with E-state index in [9.17, 15) is 9.90 Å². The summed E-state index contributed by atoms with van der Waals surface area (Å²) in [7, 11) is 3.36. The summed E-state index contributed by atoms with van der Waals surface area (Å²) in [6.45, 7) is 1.76. The van der Waals surface area contributed by atoms with Gasteiger partial charge >= 0.3 is 0 Å². The Bertz CT molecular complexity index is 616. The molecule has 0 aliphatic heterocycles. The lowest BCUT2D eigenvalue weighted by atomic mass is 10.1. The summed E-state index contributed by atoms with van der Waals surface area (Å²) in [6, 6.07) is 3.55. The van der Waals surface area contributed by atoms with Crippen LogP contribution in [0, 0.1) is 6.92 Å². The standard InChI is InChI=1S/C12H12BrNO3/c1-6-11(12(15)16)7-4-10(17-3)8(13)5-9(7)14(6)2/h4-5H,1-3H3,(H,15,16)/p-1. The molecule has 0 spiro atoms. The predicted molar refractivity (Wildman–Crippen MR) is 66.2 cm³/mol. The fourth-order valence-corrected chi connectivity index (χ4v) is 2.47. The zero-order valence-electron chi connectivity index (χ0n) is 9.70. The molecule has 0 aliphatic carbocycles. The van der Waals surface area contributed by atoms with E-state index in [1.54, 1.807) is 20.1 Å². The monoisotopic (exact) mass is 296 g/mol. The fourth-order valence-electron chi connectivity index (χ4n) is 1.98. The minimum atomic E-state index is -1.17. The minimum Gasteiger partial charge on any atom is -0.545 e. The predicted octanol–water partition coefficient (Wildman–Crippen LogP) is 1.62. The fraction of sp³-hybridized carbons (Fsp3) is 0.250. The zero-order chi connectivity index (χ0) is 12.7. The number of carbonyl (C=O) groups excluding carboxylic acids is 1. The molecule has 4 nitrogen and oxygen atoms in total. The number of carboxylic acid groups (broad SMARTS) is 1. The number of halogens is 1. The molecule has 0 saturated carbocycles. The first kappa shape index (κ1) is 12.0. The summed E-state index contributed by atoms with van der Waals surface area (Å²) in [5, 5.41) is 11.8. The Labute approximate surface area is 107 Å². The van der Waals surface area contributed by atoms with Crippen molar-refractivity contribution >= 4 is 32.8 Å². The first-order chi connectivity index (χ1) is 7.97. The van der Waals surface area contributed by atoms with Gasteiger partial charge in [0.15, 0.2) is 0 Å². The van der Waals surface area contributed by atoms with Crippen molar-refractivity contribution in [3.63, 3.8) is 0 Å². The molecule has 0 saturated heterocycles. The van der Waals surface area contributed by atoms with E-state index in [1.165, 1.54) is 0 Å². The molecule has 0 N–H and O–H groups in total. The van der Waals surface area contributed by atoms with Crippen molar-refractivity contribution in [2.75, 3.05) is 7.11 Å². The highest BCUT2D eigenvalue weighted by Crippen LogP contribution is 2.34. The highest BCUT2D eigenvalue weighted by molar-refractivity contribution is 9.10. The van der Waals surface area contributed by atoms with Gasteiger partial charge in [-0.1, -0.05) is 0 Å². The second-order valence-electron chi connectivity index (χ2n) is 3.81. The molecule has 0 bridgehead atoms. The first-order valence-electron chi connectivity index (χ1n) is 5.01. The molecule has 2 rings (SSSR count). The number of aromatic carboxylic acids is 1. The number of hydrogen-bond donors (Lipinski definition) is 0. The van der Waals surface area contributed by atoms with Crippen molar-refractivity contribution in [2.45, 2.75) is 6.92 Å². The van der Waals surface area contributed by atoms with Gasteiger partial charge in [-0.2, -0.15) is 0 Å². The van der Waals surface area contributed by atoms with Gasteiger partial charge in [0, 0.05) is 23.7 Å². The van der Waals surface area contributed by atoms with Crippen molar-refractivity contribution in [2.24, 2.45) is 7.05 Å². The number of aryl methyl sites for hydroxylation is 1. The summed E-state index contributed by atoms with van der Waals surface area (Å²) in [6.07, 6.45) is 0. The molecule has 0 amide bonds. The lowest BCUT2D eigenvalue weighted by Gasteiger charge is -2.05. The molecule has 0 atom stereocenters. The molecule has 0 aliphatic rings. The van der Waals surface area contributed by atoms with Crippen LogP contribution in [0.4, 0.5) is 0 Å². The van der Waals surface area contributed by atoms with Crippen molar-refractivity contribution in [1.29, 1.82) is 0 Å². The molecule has 90 valence electrons. The van der Waals surface area contributed by atoms with E-state index in [1.807, 2.05) is 17.7 Å². The lowest BCUT2D eigenvalue weighted by Crippen LogP contribution is -2.23. The summed E-state index contributed by atoms with van der Waals surface area (Å²) in [5.41, 5.74) is 1.71. The number of aromatic nitrogens is 1. The smallest absolute Gasteiger partial charge is 0.133 e. The molecule has 0 fully saturated rings. The van der Waals surface area contributed by atoms with Gasteiger partial charge in [0.2, 0.25) is 0 Å². The second-order valence-corrected chi connectivity index (χ2v) is 4.67. The first-order valence-corrected chi connectivity index (χ1v) is 5.80. The molecular formula is C12H11BrNO3-. The van der Waals surface area contributed by atoms with Crippen LogP contribution in [0.3, 0.4) is 0 Å². The average molecular weight is 297 g/mol. The molecular weight excluding hydrogens is 286 g/mol. The number of ether oxygens (including phenoxy) is 1. The third-order valence-corrected chi connectivity index (χ3v) is 3.59. The number of fused-ring (bicyclic) bond motifs is 1. The van der Waals surface area contributed by atoms with Crippen LogP contribution in [0.2, 0.25) is 0 Å². The number of benzene rings is 1. The van der Waals surface area contributed by atoms with Crippen LogP contribution in [0.1, 0.15) is 16.1 Å². The largest absolute Gasteiger partial charge is 0.545 e. The maximum atomic E-state index is 11.2. The van der Waals surface area contributed by atoms with E-state index in [-0.39, 0.29) is 5.56 Å². The number of hydrogen-bond acceptors (Lipinski definition) is 3. The Kier molecular flexibility index (Phi) is 2.87. The normalized spacial score (nSPS) is 10.8. The van der Waals surface area contributed by atoms with Gasteiger partial charge in [-0.15, -0.1) is 0 Å². The van der Waals surface area contributed by atoms with Crippen molar-refractivity contribution in [1.82, 2.24) is 4.57 Å². The van der Waals surface area contributed by atoms with Gasteiger partial charge in [0.05, 0.1) is 23.1 Å². The van der Waals surface area contributed by atoms with Crippen LogP contribution in [0.25, 0.3) is 10.9 Å². The van der Waals surface area contributed by atoms with Crippen molar-refractivity contribution < 1.29 is 14.6 Å². The van der Waals surface area contributed by atoms with Gasteiger partial charge in [-0.05, 0) is 35.0 Å². The maximum Gasteiger partial charge on any atom is 0.133 e. The maximum absolute atomic E-state index is 11.2. The molecule has 17 heavy (non-hydrogen) atoms. The van der Waals surface area contributed by atoms with Crippen molar-refractivity contribution in [3.8, 4) is 5.75 Å². The Morgan fingerprint density at radius 1 is 1.47 bits per heavy atom. The summed E-state index contributed by atoms with van der Waals surface area (Å²) in [5.74, 6) is -0.567. The van der Waals surface area contributed by atoms with Crippen LogP contribution < -0.4 is 9.84 Å². The molecule has 1 aromatic carbocycles. The molecule has 1 aromatic heterocycles. The van der Waals surface area contributed by atoms with Crippen molar-refractivity contribution in [3.05, 3.63) is 27.9 Å². The Balaban J connectivity index is 2.91. The Morgan fingerprint density at radius 3 is 2.65 bits per heavy atom. The Morgan fingerprint density at radius 2 is 2.12 bits per heavy atom. The van der Waals surface area contributed by atoms with Crippen LogP contribution >= 0.6 is 15.9 Å². The SMILES string of the molecule is COc1cc2c(C(=O)[O-])c(C)n(C)c2cc1Br. The van der Waals surface area contributed by atoms with Gasteiger partial charge in [0.1, 0.15) is 5.75 Å². The number of carbonyl (C=O) groups is 1. The third kappa shape index (κ3) is 1.70. The minimum absolute atomic E-state index is 0.216. The highest BCUT2D eigenvalue weighted by atomic mass is 79.9. The highest BCUT2D eigenvalue weighted by Gasteiger charge is 2.15. The molecule has 2 aromatic rings. The lowest BCUT2D eigenvalue weighted by molar-refractivity contribution is -0.254. The number of nitrogens with zero attached hydrogens (tertiary/aromatic N) is 1. The molecule has 1 heterocycles. The average Bonchev–Trinajstić information content (AvgIpc) is 2.51. The Hall–Kier alpha value is -1.49. The molecule has 0 unspecified atom stereocenters. The van der Waals surface area contributed by atoms with E-state index in [4.69, 9.17) is 4.74 Å². The van der Waals surface area contributed by atoms with E-state index in [0.29, 0.717) is 16.8 Å². The number of rotatable bonds is 2. The summed E-state index contributed by atoms with van der Waals surface area (Å²) < 4.78 is 7.78. The van der Waals surface area contributed by atoms with Gasteiger partial charge in [0.25, 0.3) is 0 Å². The van der Waals surface area contributed by atoms with Gasteiger partial charge in [-0.3, -0.25) is 0 Å². The third-order valence-electron chi connectivity index (χ3n) is 2.97. The number of carboxylic acids is 1. The van der Waals surface area contributed by atoms with Crippen LogP contribution in [0.15, 0.2) is 16.6 Å². The quantitative estimate of drug-likeness (QED) is 0.846. The van der Waals surface area contributed by atoms with Gasteiger partial charge in [-0.25, -0.2) is 0 Å². The molecule has 0 radical (unpaired) electrons. The molecule has 5 heteroatoms. The van der Waals surface area contributed by atoms with Crippen LogP contribution in [0.5, 0.6) is 5.75 Å². The topological polar surface area (TPSA) is 54.3 Å². The zero-order valence-corrected chi connectivity index (χ0v) is 11.3. The number of methoxy groups -OCH3 is 1. The summed E-state index contributed by atoms with van der Waals surface area (Å²) >= 11 is 3.38. The van der Waals surface area contributed by atoms with Gasteiger partial charge < -0.3 is 19.2 Å². The van der Waals surface area contributed by atoms with E-state index < -0.39 is 5.97 Å². The summed E-state index contributed by atoms with van der Waals surface area (Å²) in [4.78, 5) is 11.2. The van der Waals surface area contributed by atoms with E-state index >= 15 is 0 Å².